The van der Waals surface area contributed by atoms with Gasteiger partial charge in [0.05, 0.1) is 5.22 Å². The summed E-state index contributed by atoms with van der Waals surface area (Å²) in [6, 6.07) is 9.66. The molecule has 1 N–H and O–H groups in total. The molecular weight excluding hydrogens is 250 g/mol. The lowest BCUT2D eigenvalue weighted by Gasteiger charge is -1.98. The summed E-state index contributed by atoms with van der Waals surface area (Å²) in [7, 11) is 0. The molecule has 0 spiro atoms. The Balaban J connectivity index is 2.82. The van der Waals surface area contributed by atoms with Gasteiger partial charge in [0.25, 0.3) is 5.65 Å². The lowest BCUT2D eigenvalue weighted by atomic mass is 10.1. The maximum Gasteiger partial charge on any atom is 0.357 e. The van der Waals surface area contributed by atoms with Crippen LogP contribution < -0.4 is 15.8 Å². The van der Waals surface area contributed by atoms with E-state index in [1.807, 2.05) is 51.1 Å². The lowest BCUT2D eigenvalue weighted by molar-refractivity contribution is -0.312. The molecule has 0 amide bonds. The molecule has 0 fully saturated rings. The van der Waals surface area contributed by atoms with Crippen LogP contribution in [0.1, 0.15) is 25.0 Å². The molecule has 2 aromatic heterocycles. The summed E-state index contributed by atoms with van der Waals surface area (Å²) in [5.41, 5.74) is 4.21. The van der Waals surface area contributed by atoms with Gasteiger partial charge in [-0.15, -0.1) is 0 Å². The van der Waals surface area contributed by atoms with Gasteiger partial charge >= 0.3 is 5.56 Å². The molecule has 0 radical (unpaired) electrons. The van der Waals surface area contributed by atoms with Crippen molar-refractivity contribution in [3.8, 4) is 6.07 Å². The molecule has 0 aliphatic heterocycles. The number of aromatic amines is 1. The van der Waals surface area contributed by atoms with E-state index >= 15 is 0 Å². The number of nitriles is 1. The van der Waals surface area contributed by atoms with Crippen molar-refractivity contribution in [2.45, 2.75) is 20.8 Å². The van der Waals surface area contributed by atoms with Crippen LogP contribution in [0.2, 0.25) is 0 Å². The highest BCUT2D eigenvalue weighted by Gasteiger charge is 2.22. The van der Waals surface area contributed by atoms with Gasteiger partial charge in [-0.2, -0.15) is 9.66 Å². The highest BCUT2D eigenvalue weighted by atomic mass is 16.1. The molecule has 0 atom stereocenters. The van der Waals surface area contributed by atoms with Crippen molar-refractivity contribution in [1.82, 2.24) is 4.40 Å². The zero-order valence-corrected chi connectivity index (χ0v) is 11.6. The Morgan fingerprint density at radius 2 is 2.00 bits per heavy atom. The number of fused-ring (bicyclic) bond motifs is 3. The summed E-state index contributed by atoms with van der Waals surface area (Å²) < 4.78 is 1.60. The van der Waals surface area contributed by atoms with Crippen molar-refractivity contribution < 1.29 is 4.98 Å². The van der Waals surface area contributed by atoms with Crippen LogP contribution in [0.15, 0.2) is 29.1 Å². The third-order valence-corrected chi connectivity index (χ3v) is 3.64. The average Bonchev–Trinajstić information content (AvgIpc) is 2.77. The minimum atomic E-state index is -0.262. The number of para-hydroxylation sites is 2. The summed E-state index contributed by atoms with van der Waals surface area (Å²) in [4.78, 5) is 15.8. The second-order valence-electron chi connectivity index (χ2n) is 5.12. The van der Waals surface area contributed by atoms with E-state index < -0.39 is 0 Å². The molecule has 20 heavy (non-hydrogen) atoms. The summed E-state index contributed by atoms with van der Waals surface area (Å²) in [5.74, 6) is 0. The number of pyridine rings is 1. The second-order valence-corrected chi connectivity index (χ2v) is 5.12. The molecule has 0 saturated carbocycles. The first kappa shape index (κ1) is 12.4. The van der Waals surface area contributed by atoms with E-state index in [2.05, 4.69) is 4.98 Å². The fourth-order valence-corrected chi connectivity index (χ4v) is 2.78. The van der Waals surface area contributed by atoms with Crippen molar-refractivity contribution in [2.75, 3.05) is 0 Å². The van der Waals surface area contributed by atoms with Gasteiger partial charge < -0.3 is 0 Å². The molecule has 3 rings (SSSR count). The van der Waals surface area contributed by atoms with Gasteiger partial charge in [-0.25, -0.2) is 9.78 Å². The zero-order chi connectivity index (χ0) is 14.4. The predicted molar refractivity (Wildman–Crippen MR) is 77.2 cm³/mol. The third-order valence-electron chi connectivity index (χ3n) is 3.64. The highest BCUT2D eigenvalue weighted by molar-refractivity contribution is 5.76. The van der Waals surface area contributed by atoms with Crippen LogP contribution in [0.4, 0.5) is 0 Å². The number of imidazole rings is 1. The Morgan fingerprint density at radius 3 is 2.65 bits per heavy atom. The number of aromatic nitrogens is 2. The molecular formula is C16H14N3O+. The van der Waals surface area contributed by atoms with Gasteiger partial charge in [-0.1, -0.05) is 17.7 Å². The van der Waals surface area contributed by atoms with E-state index in [9.17, 15) is 10.1 Å². The Hall–Kier alpha value is -2.67. The largest absolute Gasteiger partial charge is 0.357 e. The number of benzene rings is 1. The average molecular weight is 264 g/mol. The molecule has 2 heterocycles. The van der Waals surface area contributed by atoms with E-state index in [0.717, 1.165) is 33.0 Å². The van der Waals surface area contributed by atoms with Crippen LogP contribution in [-0.4, -0.2) is 4.40 Å². The van der Waals surface area contributed by atoms with E-state index in [-0.39, 0.29) is 11.1 Å². The molecule has 0 aliphatic carbocycles. The molecule has 3 aromatic rings. The summed E-state index contributed by atoms with van der Waals surface area (Å²) in [6.45, 7) is 5.80. The van der Waals surface area contributed by atoms with E-state index in [1.165, 1.54) is 0 Å². The second kappa shape index (κ2) is 4.17. The smallest absolute Gasteiger partial charge is 0.239 e. The quantitative estimate of drug-likeness (QED) is 0.615. The Bertz CT molecular complexity index is 1000. The monoisotopic (exact) mass is 264 g/mol. The number of nitrogens with zero attached hydrogens (tertiary/aromatic N) is 2. The fraction of sp³-hybridized carbons (Fsp3) is 0.188. The van der Waals surface area contributed by atoms with Crippen LogP contribution >= 0.6 is 0 Å². The van der Waals surface area contributed by atoms with E-state index in [4.69, 9.17) is 0 Å². The molecule has 0 aliphatic rings. The minimum Gasteiger partial charge on any atom is -0.239 e. The normalized spacial score (nSPS) is 10.9. The first-order valence-corrected chi connectivity index (χ1v) is 6.43. The molecule has 0 bridgehead atoms. The molecule has 4 nitrogen and oxygen atoms in total. The van der Waals surface area contributed by atoms with Crippen molar-refractivity contribution in [3.05, 3.63) is 51.0 Å². The van der Waals surface area contributed by atoms with Gasteiger partial charge in [0.1, 0.15) is 11.6 Å². The summed E-state index contributed by atoms with van der Waals surface area (Å²) in [6.07, 6.45) is 0. The molecule has 98 valence electrons. The standard InChI is InChI=1S/C16H13N3O/c1-9(2)14-10(3)11(8-17)16(20)19-13-7-5-4-6-12(13)18-15(14)19/h4-7H,1-3H3/p+1. The van der Waals surface area contributed by atoms with Crippen LogP contribution in [0.25, 0.3) is 22.3 Å². The van der Waals surface area contributed by atoms with Crippen LogP contribution in [0.3, 0.4) is 0 Å². The molecule has 1 aromatic carbocycles. The van der Waals surface area contributed by atoms with E-state index in [1.54, 1.807) is 4.40 Å². The predicted octanol–water partition coefficient (Wildman–Crippen LogP) is 1.36. The van der Waals surface area contributed by atoms with Crippen molar-refractivity contribution in [1.29, 1.82) is 5.26 Å². The number of nitrogens with one attached hydrogen (secondary N) is 1. The van der Waals surface area contributed by atoms with E-state index in [0.29, 0.717) is 0 Å². The number of hydrogen-bond acceptors (Lipinski definition) is 2. The Morgan fingerprint density at radius 1 is 1.30 bits per heavy atom. The molecule has 0 unspecified atom stereocenters. The lowest BCUT2D eigenvalue weighted by Crippen LogP contribution is -2.29. The number of hydrogen-bond donors (Lipinski definition) is 0. The molecule has 4 heteroatoms. The number of H-pyrrole nitrogens is 1. The van der Waals surface area contributed by atoms with Gasteiger partial charge in [0, 0.05) is 0 Å². The first-order valence-electron chi connectivity index (χ1n) is 6.43. The molecule has 0 saturated heterocycles. The van der Waals surface area contributed by atoms with Crippen molar-refractivity contribution >= 4 is 22.3 Å². The Kier molecular flexibility index (Phi) is 2.58. The number of rotatable bonds is 0. The van der Waals surface area contributed by atoms with Crippen LogP contribution in [-0.2, 0) is 0 Å². The van der Waals surface area contributed by atoms with Crippen molar-refractivity contribution in [3.63, 3.8) is 0 Å². The highest BCUT2D eigenvalue weighted by Crippen LogP contribution is 2.10. The van der Waals surface area contributed by atoms with Crippen LogP contribution in [0, 0.1) is 18.3 Å². The zero-order valence-electron chi connectivity index (χ0n) is 11.6. The first-order chi connectivity index (χ1) is 9.56. The van der Waals surface area contributed by atoms with Crippen molar-refractivity contribution in [2.24, 2.45) is 0 Å². The maximum atomic E-state index is 12.5. The Labute approximate surface area is 115 Å². The summed E-state index contributed by atoms with van der Waals surface area (Å²) >= 11 is 0. The fourth-order valence-electron chi connectivity index (χ4n) is 2.78. The minimum absolute atomic E-state index is 0.212. The summed E-state index contributed by atoms with van der Waals surface area (Å²) in [5, 5.41) is 10.2. The van der Waals surface area contributed by atoms with Crippen LogP contribution in [0.5, 0.6) is 0 Å². The SMILES string of the molecule is CC(C)=c1c(C)c(C#N)c(=O)n2c1[nH+]c1ccccc12. The maximum absolute atomic E-state index is 12.5. The third kappa shape index (κ3) is 1.47. The van der Waals surface area contributed by atoms with Gasteiger partial charge in [0.15, 0.2) is 11.0 Å². The van der Waals surface area contributed by atoms with Gasteiger partial charge in [0.2, 0.25) is 0 Å². The van der Waals surface area contributed by atoms with Gasteiger partial charge in [-0.05, 0) is 38.5 Å². The topological polar surface area (TPSA) is 59.4 Å². The van der Waals surface area contributed by atoms with Gasteiger partial charge in [-0.3, -0.25) is 0 Å².